The van der Waals surface area contributed by atoms with E-state index in [1.54, 1.807) is 0 Å². The van der Waals surface area contributed by atoms with Crippen LogP contribution in [0.4, 0.5) is 10.9 Å². The Hall–Kier alpha value is -1.34. The number of aromatic nitrogens is 1. The molecular weight excluding hydrogens is 276 g/mol. The lowest BCUT2D eigenvalue weighted by Gasteiger charge is -2.25. The SMILES string of the molecule is CCCCCNC(=O)c1sc(N2CCOCC2)nc1N. The largest absolute Gasteiger partial charge is 0.382 e. The number of carbonyl (C=O) groups is 1. The first-order valence-corrected chi connectivity index (χ1v) is 7.91. The Kier molecular flexibility index (Phi) is 5.60. The lowest BCUT2D eigenvalue weighted by Crippen LogP contribution is -2.36. The first-order valence-electron chi connectivity index (χ1n) is 7.09. The van der Waals surface area contributed by atoms with Crippen molar-refractivity contribution in [3.63, 3.8) is 0 Å². The summed E-state index contributed by atoms with van der Waals surface area (Å²) >= 11 is 1.36. The average Bonchev–Trinajstić information content (AvgIpc) is 2.86. The van der Waals surface area contributed by atoms with E-state index in [9.17, 15) is 4.79 Å². The smallest absolute Gasteiger partial charge is 0.265 e. The number of nitrogen functional groups attached to an aromatic ring is 1. The summed E-state index contributed by atoms with van der Waals surface area (Å²) < 4.78 is 5.31. The summed E-state index contributed by atoms with van der Waals surface area (Å²) in [7, 11) is 0. The highest BCUT2D eigenvalue weighted by Crippen LogP contribution is 2.28. The molecule has 2 rings (SSSR count). The van der Waals surface area contributed by atoms with Gasteiger partial charge in [0.05, 0.1) is 13.2 Å². The zero-order valence-corrected chi connectivity index (χ0v) is 12.7. The van der Waals surface area contributed by atoms with Crippen molar-refractivity contribution < 1.29 is 9.53 Å². The average molecular weight is 298 g/mol. The van der Waals surface area contributed by atoms with E-state index in [-0.39, 0.29) is 5.91 Å². The fourth-order valence-electron chi connectivity index (χ4n) is 2.03. The molecule has 7 heteroatoms. The van der Waals surface area contributed by atoms with Crippen LogP contribution in [0.5, 0.6) is 0 Å². The number of nitrogens with one attached hydrogen (secondary N) is 1. The van der Waals surface area contributed by atoms with Gasteiger partial charge in [0.2, 0.25) is 0 Å². The Labute approximate surface area is 123 Å². The minimum atomic E-state index is -0.115. The van der Waals surface area contributed by atoms with Gasteiger partial charge in [-0.2, -0.15) is 0 Å². The third kappa shape index (κ3) is 3.83. The van der Waals surface area contributed by atoms with E-state index in [0.29, 0.717) is 30.5 Å². The molecule has 1 aliphatic heterocycles. The second-order valence-electron chi connectivity index (χ2n) is 4.77. The molecule has 0 radical (unpaired) electrons. The van der Waals surface area contributed by atoms with Crippen LogP contribution in [0, 0.1) is 0 Å². The molecular formula is C13H22N4O2S. The zero-order chi connectivity index (χ0) is 14.4. The van der Waals surface area contributed by atoms with Crippen molar-refractivity contribution in [2.24, 2.45) is 0 Å². The Morgan fingerprint density at radius 2 is 2.20 bits per heavy atom. The number of amides is 1. The molecule has 1 aromatic heterocycles. The topological polar surface area (TPSA) is 80.5 Å². The standard InChI is InChI=1S/C13H22N4O2S/c1-2-3-4-5-15-12(18)10-11(14)16-13(20-10)17-6-8-19-9-7-17/h2-9,14H2,1H3,(H,15,18). The molecule has 0 spiro atoms. The summed E-state index contributed by atoms with van der Waals surface area (Å²) in [6.07, 6.45) is 3.26. The number of unbranched alkanes of at least 4 members (excludes halogenated alkanes) is 2. The first kappa shape index (κ1) is 15.1. The molecule has 1 fully saturated rings. The summed E-state index contributed by atoms with van der Waals surface area (Å²) in [4.78, 5) is 19.0. The number of anilines is 2. The van der Waals surface area contributed by atoms with Gasteiger partial charge in [-0.1, -0.05) is 31.1 Å². The van der Waals surface area contributed by atoms with E-state index in [4.69, 9.17) is 10.5 Å². The van der Waals surface area contributed by atoms with Crippen molar-refractivity contribution in [1.82, 2.24) is 10.3 Å². The molecule has 1 aliphatic rings. The molecule has 0 bridgehead atoms. The number of nitrogens with zero attached hydrogens (tertiary/aromatic N) is 2. The molecule has 0 atom stereocenters. The number of morpholine rings is 1. The number of ether oxygens (including phenoxy) is 1. The molecule has 1 amide bonds. The van der Waals surface area contributed by atoms with Gasteiger partial charge in [-0.05, 0) is 6.42 Å². The quantitative estimate of drug-likeness (QED) is 0.778. The van der Waals surface area contributed by atoms with Gasteiger partial charge >= 0.3 is 0 Å². The van der Waals surface area contributed by atoms with Gasteiger partial charge in [0.1, 0.15) is 10.7 Å². The number of thiazole rings is 1. The van der Waals surface area contributed by atoms with Crippen LogP contribution in [0.25, 0.3) is 0 Å². The third-order valence-electron chi connectivity index (χ3n) is 3.20. The summed E-state index contributed by atoms with van der Waals surface area (Å²) in [5.74, 6) is 0.208. The minimum Gasteiger partial charge on any atom is -0.382 e. The number of nitrogens with two attached hydrogens (primary N) is 1. The zero-order valence-electron chi connectivity index (χ0n) is 11.9. The molecule has 0 saturated carbocycles. The first-order chi connectivity index (χ1) is 9.72. The Morgan fingerprint density at radius 1 is 1.45 bits per heavy atom. The van der Waals surface area contributed by atoms with E-state index in [1.165, 1.54) is 11.3 Å². The van der Waals surface area contributed by atoms with Crippen LogP contribution in [-0.4, -0.2) is 43.7 Å². The second kappa shape index (κ2) is 7.44. The van der Waals surface area contributed by atoms with Crippen LogP contribution < -0.4 is 16.0 Å². The maximum Gasteiger partial charge on any atom is 0.265 e. The molecule has 1 aromatic rings. The highest BCUT2D eigenvalue weighted by molar-refractivity contribution is 7.18. The lowest BCUT2D eigenvalue weighted by molar-refractivity contribution is 0.0957. The Bertz CT molecular complexity index is 444. The van der Waals surface area contributed by atoms with Crippen LogP contribution in [-0.2, 0) is 4.74 Å². The predicted octanol–water partition coefficient (Wildman–Crippen LogP) is 1.48. The van der Waals surface area contributed by atoms with E-state index in [2.05, 4.69) is 22.1 Å². The summed E-state index contributed by atoms with van der Waals surface area (Å²) in [5, 5.41) is 3.71. The highest BCUT2D eigenvalue weighted by atomic mass is 32.1. The maximum atomic E-state index is 12.1. The number of hydrogen-bond acceptors (Lipinski definition) is 6. The van der Waals surface area contributed by atoms with Crippen LogP contribution in [0.15, 0.2) is 0 Å². The van der Waals surface area contributed by atoms with Gasteiger partial charge in [-0.25, -0.2) is 4.98 Å². The van der Waals surface area contributed by atoms with Crippen molar-refractivity contribution in [3.05, 3.63) is 4.88 Å². The lowest BCUT2D eigenvalue weighted by atomic mass is 10.2. The van der Waals surface area contributed by atoms with Crippen molar-refractivity contribution in [2.75, 3.05) is 43.5 Å². The van der Waals surface area contributed by atoms with E-state index in [1.807, 2.05) is 0 Å². The number of carbonyl (C=O) groups excluding carboxylic acids is 1. The molecule has 0 aromatic carbocycles. The summed E-state index contributed by atoms with van der Waals surface area (Å²) in [6.45, 7) is 5.81. The van der Waals surface area contributed by atoms with Gasteiger partial charge < -0.3 is 20.7 Å². The highest BCUT2D eigenvalue weighted by Gasteiger charge is 2.20. The van der Waals surface area contributed by atoms with Crippen LogP contribution >= 0.6 is 11.3 Å². The van der Waals surface area contributed by atoms with Gasteiger partial charge in [0.15, 0.2) is 5.13 Å². The third-order valence-corrected chi connectivity index (χ3v) is 4.33. The van der Waals surface area contributed by atoms with Crippen molar-refractivity contribution in [2.45, 2.75) is 26.2 Å². The van der Waals surface area contributed by atoms with Crippen molar-refractivity contribution >= 4 is 28.2 Å². The van der Waals surface area contributed by atoms with Gasteiger partial charge in [-0.3, -0.25) is 4.79 Å². The van der Waals surface area contributed by atoms with Crippen LogP contribution in [0.2, 0.25) is 0 Å². The Balaban J connectivity index is 1.94. The normalized spacial score (nSPS) is 15.3. The monoisotopic (exact) mass is 298 g/mol. The van der Waals surface area contributed by atoms with E-state index in [0.717, 1.165) is 37.5 Å². The van der Waals surface area contributed by atoms with Gasteiger partial charge in [0.25, 0.3) is 5.91 Å². The van der Waals surface area contributed by atoms with Crippen LogP contribution in [0.3, 0.4) is 0 Å². The molecule has 20 heavy (non-hydrogen) atoms. The van der Waals surface area contributed by atoms with E-state index >= 15 is 0 Å². The van der Waals surface area contributed by atoms with Crippen LogP contribution in [0.1, 0.15) is 35.9 Å². The molecule has 1 saturated heterocycles. The molecule has 6 nitrogen and oxygen atoms in total. The molecule has 0 aliphatic carbocycles. The van der Waals surface area contributed by atoms with Crippen molar-refractivity contribution in [3.8, 4) is 0 Å². The molecule has 2 heterocycles. The predicted molar refractivity (Wildman–Crippen MR) is 81.4 cm³/mol. The molecule has 0 unspecified atom stereocenters. The van der Waals surface area contributed by atoms with Gasteiger partial charge in [0, 0.05) is 19.6 Å². The van der Waals surface area contributed by atoms with E-state index < -0.39 is 0 Å². The number of hydrogen-bond donors (Lipinski definition) is 2. The summed E-state index contributed by atoms with van der Waals surface area (Å²) in [6, 6.07) is 0. The maximum absolute atomic E-state index is 12.1. The van der Waals surface area contributed by atoms with Crippen molar-refractivity contribution in [1.29, 1.82) is 0 Å². The minimum absolute atomic E-state index is 0.115. The molecule has 112 valence electrons. The summed E-state index contributed by atoms with van der Waals surface area (Å²) in [5.41, 5.74) is 5.86. The fourth-order valence-corrected chi connectivity index (χ4v) is 2.98. The fraction of sp³-hybridized carbons (Fsp3) is 0.692. The molecule has 3 N–H and O–H groups in total. The second-order valence-corrected chi connectivity index (χ2v) is 5.75. The number of rotatable bonds is 6. The Morgan fingerprint density at radius 3 is 2.90 bits per heavy atom. The van der Waals surface area contributed by atoms with Gasteiger partial charge in [-0.15, -0.1) is 0 Å².